The minimum Gasteiger partial charge on any atom is -0.469 e. The summed E-state index contributed by atoms with van der Waals surface area (Å²) in [7, 11) is 0. The minimum absolute atomic E-state index is 0.493. The molecule has 0 fully saturated rings. The molecule has 0 spiro atoms. The number of hydrogen-bond donors (Lipinski definition) is 1. The standard InChI is InChI=1S/C15H16BrNO/c16-14-5-1-4-13-12(14)6-7-15(13)17-9-8-11-3-2-10-18-11/h1-5,10,15,17H,6-9H2. The lowest BCUT2D eigenvalue weighted by Crippen LogP contribution is -2.21. The first-order valence-corrected chi connectivity index (χ1v) is 7.17. The maximum Gasteiger partial charge on any atom is 0.105 e. The number of benzene rings is 1. The summed E-state index contributed by atoms with van der Waals surface area (Å²) < 4.78 is 6.58. The Labute approximate surface area is 116 Å². The maximum absolute atomic E-state index is 5.34. The lowest BCUT2D eigenvalue weighted by molar-refractivity contribution is 0.476. The van der Waals surface area contributed by atoms with Crippen LogP contribution in [-0.2, 0) is 12.8 Å². The van der Waals surface area contributed by atoms with Crippen molar-refractivity contribution in [3.63, 3.8) is 0 Å². The fourth-order valence-electron chi connectivity index (χ4n) is 2.65. The Kier molecular flexibility index (Phi) is 3.52. The zero-order valence-electron chi connectivity index (χ0n) is 10.2. The van der Waals surface area contributed by atoms with Gasteiger partial charge in [0, 0.05) is 23.5 Å². The Morgan fingerprint density at radius 2 is 2.22 bits per heavy atom. The fraction of sp³-hybridized carbons (Fsp3) is 0.333. The van der Waals surface area contributed by atoms with Crippen molar-refractivity contribution in [1.82, 2.24) is 5.32 Å². The van der Waals surface area contributed by atoms with Crippen molar-refractivity contribution in [1.29, 1.82) is 0 Å². The summed E-state index contributed by atoms with van der Waals surface area (Å²) >= 11 is 3.63. The molecule has 0 saturated heterocycles. The summed E-state index contributed by atoms with van der Waals surface area (Å²) in [4.78, 5) is 0. The van der Waals surface area contributed by atoms with Crippen LogP contribution in [0.1, 0.15) is 29.3 Å². The largest absolute Gasteiger partial charge is 0.469 e. The van der Waals surface area contributed by atoms with Crippen molar-refractivity contribution in [2.75, 3.05) is 6.54 Å². The summed E-state index contributed by atoms with van der Waals surface area (Å²) in [5, 5.41) is 3.62. The molecule has 18 heavy (non-hydrogen) atoms. The average Bonchev–Trinajstić information content (AvgIpc) is 3.00. The minimum atomic E-state index is 0.493. The van der Waals surface area contributed by atoms with E-state index in [0.29, 0.717) is 6.04 Å². The Bertz CT molecular complexity index is 521. The van der Waals surface area contributed by atoms with Gasteiger partial charge in [-0.3, -0.25) is 0 Å². The van der Waals surface area contributed by atoms with Crippen LogP contribution in [0.25, 0.3) is 0 Å². The second-order valence-corrected chi connectivity index (χ2v) is 5.54. The van der Waals surface area contributed by atoms with E-state index in [4.69, 9.17) is 4.42 Å². The van der Waals surface area contributed by atoms with E-state index in [2.05, 4.69) is 39.4 Å². The Morgan fingerprint density at radius 3 is 3.06 bits per heavy atom. The van der Waals surface area contributed by atoms with Gasteiger partial charge in [-0.2, -0.15) is 0 Å². The van der Waals surface area contributed by atoms with Crippen LogP contribution in [0.4, 0.5) is 0 Å². The highest BCUT2D eigenvalue weighted by molar-refractivity contribution is 9.10. The Morgan fingerprint density at radius 1 is 1.28 bits per heavy atom. The van der Waals surface area contributed by atoms with Gasteiger partial charge in [0.05, 0.1) is 6.26 Å². The van der Waals surface area contributed by atoms with Gasteiger partial charge in [0.2, 0.25) is 0 Å². The molecule has 1 aromatic carbocycles. The summed E-state index contributed by atoms with van der Waals surface area (Å²) in [6, 6.07) is 10.9. The van der Waals surface area contributed by atoms with Gasteiger partial charge in [0.1, 0.15) is 5.76 Å². The molecule has 2 aromatic rings. The van der Waals surface area contributed by atoms with Crippen LogP contribution >= 0.6 is 15.9 Å². The zero-order chi connectivity index (χ0) is 12.4. The highest BCUT2D eigenvalue weighted by Crippen LogP contribution is 2.35. The van der Waals surface area contributed by atoms with Crippen molar-refractivity contribution in [2.24, 2.45) is 0 Å². The zero-order valence-corrected chi connectivity index (χ0v) is 11.7. The van der Waals surface area contributed by atoms with Crippen LogP contribution in [0.2, 0.25) is 0 Å². The predicted molar refractivity (Wildman–Crippen MR) is 75.6 cm³/mol. The van der Waals surface area contributed by atoms with Gasteiger partial charge < -0.3 is 9.73 Å². The van der Waals surface area contributed by atoms with Gasteiger partial charge >= 0.3 is 0 Å². The molecular weight excluding hydrogens is 290 g/mol. The smallest absolute Gasteiger partial charge is 0.105 e. The number of halogens is 1. The quantitative estimate of drug-likeness (QED) is 0.928. The first kappa shape index (κ1) is 12.0. The molecule has 1 unspecified atom stereocenters. The molecule has 2 nitrogen and oxygen atoms in total. The lowest BCUT2D eigenvalue weighted by Gasteiger charge is -2.13. The van der Waals surface area contributed by atoms with Crippen molar-refractivity contribution in [2.45, 2.75) is 25.3 Å². The Balaban J connectivity index is 1.61. The van der Waals surface area contributed by atoms with Crippen LogP contribution in [0.5, 0.6) is 0 Å². The first-order valence-electron chi connectivity index (χ1n) is 6.37. The summed E-state index contributed by atoms with van der Waals surface area (Å²) in [6.45, 7) is 0.962. The van der Waals surface area contributed by atoms with Crippen LogP contribution in [0.15, 0.2) is 45.5 Å². The normalized spacial score (nSPS) is 17.9. The summed E-state index contributed by atoms with van der Waals surface area (Å²) in [6.07, 6.45) is 5.04. The second-order valence-electron chi connectivity index (χ2n) is 4.68. The van der Waals surface area contributed by atoms with Gasteiger partial charge in [0.25, 0.3) is 0 Å². The molecule has 94 valence electrons. The third kappa shape index (κ3) is 2.38. The molecular formula is C15H16BrNO. The highest BCUT2D eigenvalue weighted by atomic mass is 79.9. The third-order valence-corrected chi connectivity index (χ3v) is 4.30. The molecule has 3 rings (SSSR count). The van der Waals surface area contributed by atoms with Crippen molar-refractivity contribution in [3.05, 3.63) is 58.0 Å². The van der Waals surface area contributed by atoms with Gasteiger partial charge in [0.15, 0.2) is 0 Å². The van der Waals surface area contributed by atoms with Crippen molar-refractivity contribution < 1.29 is 4.42 Å². The monoisotopic (exact) mass is 305 g/mol. The van der Waals surface area contributed by atoms with E-state index in [9.17, 15) is 0 Å². The van der Waals surface area contributed by atoms with E-state index in [1.807, 2.05) is 12.1 Å². The van der Waals surface area contributed by atoms with E-state index < -0.39 is 0 Å². The number of furan rings is 1. The van der Waals surface area contributed by atoms with Gasteiger partial charge in [-0.1, -0.05) is 28.1 Å². The van der Waals surface area contributed by atoms with Gasteiger partial charge in [-0.15, -0.1) is 0 Å². The average molecular weight is 306 g/mol. The van der Waals surface area contributed by atoms with E-state index in [1.165, 1.54) is 22.0 Å². The molecule has 0 saturated carbocycles. The molecule has 0 radical (unpaired) electrons. The van der Waals surface area contributed by atoms with Gasteiger partial charge in [-0.25, -0.2) is 0 Å². The first-order chi connectivity index (χ1) is 8.84. The highest BCUT2D eigenvalue weighted by Gasteiger charge is 2.23. The predicted octanol–water partition coefficient (Wildman–Crippen LogP) is 3.86. The molecule has 1 atom stereocenters. The Hall–Kier alpha value is -1.06. The van der Waals surface area contributed by atoms with Gasteiger partial charge in [-0.05, 0) is 42.2 Å². The number of hydrogen-bond acceptors (Lipinski definition) is 2. The number of rotatable bonds is 4. The molecule has 0 aliphatic heterocycles. The topological polar surface area (TPSA) is 25.2 Å². The van der Waals surface area contributed by atoms with Crippen LogP contribution in [0, 0.1) is 0 Å². The maximum atomic E-state index is 5.34. The van der Waals surface area contributed by atoms with E-state index >= 15 is 0 Å². The van der Waals surface area contributed by atoms with Crippen LogP contribution in [-0.4, -0.2) is 6.54 Å². The molecule has 0 amide bonds. The molecule has 1 aromatic heterocycles. The second kappa shape index (κ2) is 5.29. The van der Waals surface area contributed by atoms with Crippen LogP contribution < -0.4 is 5.32 Å². The molecule has 1 heterocycles. The molecule has 1 aliphatic carbocycles. The molecule has 3 heteroatoms. The molecule has 1 N–H and O–H groups in total. The van der Waals surface area contributed by atoms with E-state index in [-0.39, 0.29) is 0 Å². The lowest BCUT2D eigenvalue weighted by atomic mass is 10.1. The molecule has 1 aliphatic rings. The van der Waals surface area contributed by atoms with Crippen LogP contribution in [0.3, 0.4) is 0 Å². The van der Waals surface area contributed by atoms with E-state index in [0.717, 1.165) is 25.1 Å². The summed E-state index contributed by atoms with van der Waals surface area (Å²) in [5.41, 5.74) is 2.91. The van der Waals surface area contributed by atoms with E-state index in [1.54, 1.807) is 6.26 Å². The third-order valence-electron chi connectivity index (χ3n) is 3.56. The summed E-state index contributed by atoms with van der Waals surface area (Å²) in [5.74, 6) is 1.05. The molecule has 0 bridgehead atoms. The SMILES string of the molecule is Brc1cccc2c1CCC2NCCc1ccco1. The number of fused-ring (bicyclic) bond motifs is 1. The van der Waals surface area contributed by atoms with Crippen molar-refractivity contribution >= 4 is 15.9 Å². The fourth-order valence-corrected chi connectivity index (χ4v) is 3.23. The number of nitrogens with one attached hydrogen (secondary N) is 1. The van der Waals surface area contributed by atoms with Crippen molar-refractivity contribution in [3.8, 4) is 0 Å².